The van der Waals surface area contributed by atoms with Crippen molar-refractivity contribution in [2.45, 2.75) is 50.3 Å². The van der Waals surface area contributed by atoms with Crippen LogP contribution in [0.4, 0.5) is 11.4 Å². The van der Waals surface area contributed by atoms with Gasteiger partial charge in [0.1, 0.15) is 6.54 Å². The van der Waals surface area contributed by atoms with Gasteiger partial charge in [0, 0.05) is 24.5 Å². The number of amides is 2. The van der Waals surface area contributed by atoms with Crippen LogP contribution in [0.1, 0.15) is 44.2 Å². The maximum Gasteiger partial charge on any atom is 0.244 e. The van der Waals surface area contributed by atoms with Crippen LogP contribution in [0.5, 0.6) is 0 Å². The maximum atomic E-state index is 13.2. The number of sulfonamides is 1. The summed E-state index contributed by atoms with van der Waals surface area (Å²) >= 11 is 0. The third-order valence-electron chi connectivity index (χ3n) is 6.39. The van der Waals surface area contributed by atoms with Gasteiger partial charge in [-0.1, -0.05) is 24.6 Å². The van der Waals surface area contributed by atoms with E-state index in [1.165, 1.54) is 9.21 Å². The molecule has 0 aliphatic carbocycles. The molecule has 0 aromatic heterocycles. The molecule has 2 aliphatic rings. The highest BCUT2D eigenvalue weighted by molar-refractivity contribution is 7.89. The zero-order chi connectivity index (χ0) is 23.1. The van der Waals surface area contributed by atoms with Crippen molar-refractivity contribution in [3.8, 4) is 0 Å². The van der Waals surface area contributed by atoms with E-state index < -0.39 is 15.4 Å². The molecule has 0 atom stereocenters. The Morgan fingerprint density at radius 2 is 1.75 bits per heavy atom. The van der Waals surface area contributed by atoms with E-state index in [9.17, 15) is 18.0 Å². The highest BCUT2D eigenvalue weighted by Crippen LogP contribution is 2.43. The second-order valence-corrected chi connectivity index (χ2v) is 11.0. The van der Waals surface area contributed by atoms with Crippen LogP contribution in [0.15, 0.2) is 47.4 Å². The number of nitrogens with zero attached hydrogens (tertiary/aromatic N) is 2. The van der Waals surface area contributed by atoms with Crippen molar-refractivity contribution in [1.82, 2.24) is 4.31 Å². The number of rotatable bonds is 5. The number of fused-ring (bicyclic) bond motifs is 1. The average molecular weight is 456 g/mol. The lowest BCUT2D eigenvalue weighted by Gasteiger charge is -2.26. The van der Waals surface area contributed by atoms with Crippen LogP contribution in [0, 0.1) is 6.92 Å². The Morgan fingerprint density at radius 3 is 2.44 bits per heavy atom. The predicted molar refractivity (Wildman–Crippen MR) is 124 cm³/mol. The number of carbonyl (C=O) groups excluding carboxylic acids is 2. The molecular weight excluding hydrogens is 426 g/mol. The van der Waals surface area contributed by atoms with Crippen molar-refractivity contribution in [2.75, 3.05) is 29.9 Å². The van der Waals surface area contributed by atoms with Crippen LogP contribution in [-0.4, -0.2) is 44.2 Å². The Kier molecular flexibility index (Phi) is 5.85. The van der Waals surface area contributed by atoms with Gasteiger partial charge in [0.05, 0.1) is 10.3 Å². The number of carbonyl (C=O) groups is 2. The number of para-hydroxylation sites is 1. The summed E-state index contributed by atoms with van der Waals surface area (Å²) in [5.74, 6) is -0.527. The fourth-order valence-electron chi connectivity index (χ4n) is 4.43. The molecule has 1 N–H and O–H groups in total. The van der Waals surface area contributed by atoms with E-state index in [1.807, 2.05) is 31.2 Å². The summed E-state index contributed by atoms with van der Waals surface area (Å²) in [6, 6.07) is 12.3. The largest absolute Gasteiger partial charge is 0.324 e. The molecular formula is C24H29N3O4S. The van der Waals surface area contributed by atoms with Gasteiger partial charge >= 0.3 is 0 Å². The molecule has 8 heteroatoms. The van der Waals surface area contributed by atoms with Gasteiger partial charge in [0.2, 0.25) is 21.8 Å². The van der Waals surface area contributed by atoms with Gasteiger partial charge < -0.3 is 10.2 Å². The summed E-state index contributed by atoms with van der Waals surface area (Å²) < 4.78 is 27.8. The van der Waals surface area contributed by atoms with Crippen molar-refractivity contribution in [1.29, 1.82) is 0 Å². The van der Waals surface area contributed by atoms with Gasteiger partial charge in [-0.25, -0.2) is 8.42 Å². The molecule has 1 saturated heterocycles. The van der Waals surface area contributed by atoms with Gasteiger partial charge in [0.25, 0.3) is 0 Å². The van der Waals surface area contributed by atoms with Gasteiger partial charge in [-0.05, 0) is 69.0 Å². The standard InChI is InChI=1S/C24H29N3O4S/c1-17-9-5-6-10-20(17)25-22(28)16-27-21-12-11-18(15-19(21)24(2,3)23(27)29)32(30,31)26-13-7-4-8-14-26/h5-6,9-12,15H,4,7-8,13-14,16H2,1-3H3,(H,25,28). The molecule has 4 rings (SSSR count). The Balaban J connectivity index is 1.61. The van der Waals surface area contributed by atoms with Gasteiger partial charge in [-0.3, -0.25) is 9.59 Å². The van der Waals surface area contributed by atoms with Crippen LogP contribution >= 0.6 is 0 Å². The lowest BCUT2D eigenvalue weighted by atomic mass is 9.86. The molecule has 170 valence electrons. The van der Waals surface area contributed by atoms with Crippen LogP contribution in [0.2, 0.25) is 0 Å². The van der Waals surface area contributed by atoms with Crippen molar-refractivity contribution in [3.63, 3.8) is 0 Å². The zero-order valence-corrected chi connectivity index (χ0v) is 19.5. The van der Waals surface area contributed by atoms with Gasteiger partial charge in [-0.15, -0.1) is 0 Å². The van der Waals surface area contributed by atoms with E-state index in [0.717, 1.165) is 24.8 Å². The number of aryl methyl sites for hydroxylation is 1. The molecule has 0 bridgehead atoms. The third-order valence-corrected chi connectivity index (χ3v) is 8.28. The molecule has 0 saturated carbocycles. The summed E-state index contributed by atoms with van der Waals surface area (Å²) in [7, 11) is -3.61. The Hall–Kier alpha value is -2.71. The van der Waals surface area contributed by atoms with Crippen LogP contribution < -0.4 is 10.2 Å². The third kappa shape index (κ3) is 3.93. The molecule has 2 aliphatic heterocycles. The van der Waals surface area contributed by atoms with Crippen LogP contribution in [-0.2, 0) is 25.0 Å². The number of benzene rings is 2. The Morgan fingerprint density at radius 1 is 1.06 bits per heavy atom. The predicted octanol–water partition coefficient (Wildman–Crippen LogP) is 3.43. The van der Waals surface area contributed by atoms with Crippen molar-refractivity contribution >= 4 is 33.2 Å². The summed E-state index contributed by atoms with van der Waals surface area (Å²) in [5.41, 5.74) is 1.92. The Bertz CT molecular complexity index is 1170. The molecule has 1 fully saturated rings. The second-order valence-electron chi connectivity index (χ2n) is 9.02. The molecule has 2 aromatic carbocycles. The number of anilines is 2. The van der Waals surface area contributed by atoms with E-state index in [-0.39, 0.29) is 23.3 Å². The minimum Gasteiger partial charge on any atom is -0.324 e. The monoisotopic (exact) mass is 455 g/mol. The number of hydrogen-bond acceptors (Lipinski definition) is 4. The van der Waals surface area contributed by atoms with Crippen molar-refractivity contribution < 1.29 is 18.0 Å². The fraction of sp³-hybridized carbons (Fsp3) is 0.417. The molecule has 32 heavy (non-hydrogen) atoms. The summed E-state index contributed by atoms with van der Waals surface area (Å²) in [6.45, 7) is 6.34. The van der Waals surface area contributed by atoms with Crippen LogP contribution in [0.3, 0.4) is 0 Å². The number of piperidine rings is 1. The quantitative estimate of drug-likeness (QED) is 0.748. The first-order valence-corrected chi connectivity index (χ1v) is 12.4. The Labute approximate surface area is 189 Å². The lowest BCUT2D eigenvalue weighted by Crippen LogP contribution is -2.40. The molecule has 2 heterocycles. The topological polar surface area (TPSA) is 86.8 Å². The number of nitrogens with one attached hydrogen (secondary N) is 1. The normalized spacial score (nSPS) is 18.5. The molecule has 2 amide bonds. The lowest BCUT2D eigenvalue weighted by molar-refractivity contribution is -0.124. The summed E-state index contributed by atoms with van der Waals surface area (Å²) in [4.78, 5) is 27.5. The summed E-state index contributed by atoms with van der Waals surface area (Å²) in [6.07, 6.45) is 2.76. The van der Waals surface area contributed by atoms with E-state index in [1.54, 1.807) is 32.0 Å². The first kappa shape index (κ1) is 22.5. The van der Waals surface area contributed by atoms with E-state index in [2.05, 4.69) is 5.32 Å². The van der Waals surface area contributed by atoms with E-state index >= 15 is 0 Å². The molecule has 0 spiro atoms. The van der Waals surface area contributed by atoms with Crippen molar-refractivity contribution in [2.24, 2.45) is 0 Å². The highest BCUT2D eigenvalue weighted by Gasteiger charge is 2.45. The smallest absolute Gasteiger partial charge is 0.244 e. The van der Waals surface area contributed by atoms with Gasteiger partial charge in [-0.2, -0.15) is 4.31 Å². The molecule has 7 nitrogen and oxygen atoms in total. The van der Waals surface area contributed by atoms with Crippen molar-refractivity contribution in [3.05, 3.63) is 53.6 Å². The first-order valence-electron chi connectivity index (χ1n) is 10.9. The average Bonchev–Trinajstić information content (AvgIpc) is 2.96. The second kappa shape index (κ2) is 8.33. The van der Waals surface area contributed by atoms with E-state index in [4.69, 9.17) is 0 Å². The molecule has 0 radical (unpaired) electrons. The van der Waals surface area contributed by atoms with Gasteiger partial charge in [0.15, 0.2) is 0 Å². The summed E-state index contributed by atoms with van der Waals surface area (Å²) in [5, 5.41) is 2.86. The maximum absolute atomic E-state index is 13.2. The fourth-order valence-corrected chi connectivity index (χ4v) is 5.98. The zero-order valence-electron chi connectivity index (χ0n) is 18.7. The minimum absolute atomic E-state index is 0.137. The number of hydrogen-bond donors (Lipinski definition) is 1. The van der Waals surface area contributed by atoms with E-state index in [0.29, 0.717) is 30.0 Å². The molecule has 2 aromatic rings. The minimum atomic E-state index is -3.61. The first-order chi connectivity index (χ1) is 15.1. The van der Waals surface area contributed by atoms with Crippen LogP contribution in [0.25, 0.3) is 0 Å². The molecule has 0 unspecified atom stereocenters. The highest BCUT2D eigenvalue weighted by atomic mass is 32.2. The SMILES string of the molecule is Cc1ccccc1NC(=O)CN1C(=O)C(C)(C)c2cc(S(=O)(=O)N3CCCCC3)ccc21.